The summed E-state index contributed by atoms with van der Waals surface area (Å²) in [5.41, 5.74) is 0.303. The van der Waals surface area contributed by atoms with Gasteiger partial charge in [-0.15, -0.1) is 0 Å². The first-order chi connectivity index (χ1) is 13.7. The van der Waals surface area contributed by atoms with Crippen molar-refractivity contribution in [2.75, 3.05) is 14.2 Å². The van der Waals surface area contributed by atoms with Gasteiger partial charge in [0, 0.05) is 17.0 Å². The van der Waals surface area contributed by atoms with Crippen molar-refractivity contribution in [3.05, 3.63) is 57.8 Å². The van der Waals surface area contributed by atoms with Crippen molar-refractivity contribution in [3.63, 3.8) is 0 Å². The fraction of sp³-hybridized carbons (Fsp3) is 0.250. The van der Waals surface area contributed by atoms with E-state index in [0.717, 1.165) is 0 Å². The van der Waals surface area contributed by atoms with E-state index in [4.69, 9.17) is 13.9 Å². The first-order valence-electron chi connectivity index (χ1n) is 8.36. The highest BCUT2D eigenvalue weighted by Gasteiger charge is 2.35. The topological polar surface area (TPSA) is 57.9 Å². The average molecular weight is 473 g/mol. The van der Waals surface area contributed by atoms with Crippen molar-refractivity contribution >= 4 is 32.9 Å². The molecule has 0 radical (unpaired) electrons. The minimum absolute atomic E-state index is 0.0154. The average Bonchev–Trinajstić information content (AvgIpc) is 3.12. The fourth-order valence-electron chi connectivity index (χ4n) is 2.78. The van der Waals surface area contributed by atoms with E-state index in [9.17, 15) is 18.0 Å². The summed E-state index contributed by atoms with van der Waals surface area (Å²) in [6.45, 7) is -0.0294. The Morgan fingerprint density at radius 1 is 1.17 bits per heavy atom. The molecular weight excluding hydrogens is 457 g/mol. The SMILES string of the molecule is COC(=O)Cc1ccc(OC)cc1OCc1cc(Br)c2occ(C(F)(F)F)c2c1. The number of rotatable bonds is 6. The molecule has 0 unspecified atom stereocenters. The summed E-state index contributed by atoms with van der Waals surface area (Å²) in [6.07, 6.45) is -3.86. The summed E-state index contributed by atoms with van der Waals surface area (Å²) in [6, 6.07) is 7.93. The molecule has 29 heavy (non-hydrogen) atoms. The van der Waals surface area contributed by atoms with Crippen molar-refractivity contribution < 1.29 is 36.6 Å². The number of carbonyl (C=O) groups is 1. The standard InChI is InChI=1S/C20H16BrF3O5/c1-26-13-4-3-12(7-18(25)27-2)17(8-13)28-9-11-5-14-15(20(22,23)24)10-29-19(14)16(21)6-11/h3-6,8,10H,7,9H2,1-2H3. The zero-order chi connectivity index (χ0) is 21.2. The van der Waals surface area contributed by atoms with Gasteiger partial charge in [0.05, 0.1) is 25.1 Å². The monoisotopic (exact) mass is 472 g/mol. The molecule has 0 N–H and O–H groups in total. The molecule has 0 fully saturated rings. The van der Waals surface area contributed by atoms with Gasteiger partial charge in [0.1, 0.15) is 35.5 Å². The maximum absolute atomic E-state index is 13.2. The maximum atomic E-state index is 13.2. The van der Waals surface area contributed by atoms with E-state index in [1.165, 1.54) is 20.3 Å². The number of ether oxygens (including phenoxy) is 3. The maximum Gasteiger partial charge on any atom is 0.420 e. The van der Waals surface area contributed by atoms with Crippen molar-refractivity contribution in [1.82, 2.24) is 0 Å². The van der Waals surface area contributed by atoms with Crippen LogP contribution in [-0.2, 0) is 28.7 Å². The van der Waals surface area contributed by atoms with Gasteiger partial charge in [0.25, 0.3) is 0 Å². The molecule has 0 aliphatic heterocycles. The van der Waals surface area contributed by atoms with E-state index in [2.05, 4.69) is 20.7 Å². The molecular formula is C20H16BrF3O5. The lowest BCUT2D eigenvalue weighted by Gasteiger charge is -2.13. The number of furan rings is 1. The van der Waals surface area contributed by atoms with Crippen LogP contribution in [0.1, 0.15) is 16.7 Å². The highest BCUT2D eigenvalue weighted by molar-refractivity contribution is 9.10. The number of alkyl halides is 3. The normalized spacial score (nSPS) is 11.5. The molecule has 2 aromatic carbocycles. The zero-order valence-corrected chi connectivity index (χ0v) is 17.0. The predicted molar refractivity (Wildman–Crippen MR) is 102 cm³/mol. The van der Waals surface area contributed by atoms with Crippen molar-refractivity contribution in [3.8, 4) is 11.5 Å². The number of hydrogen-bond donors (Lipinski definition) is 0. The Kier molecular flexibility index (Phi) is 6.07. The molecule has 5 nitrogen and oxygen atoms in total. The third kappa shape index (κ3) is 4.67. The summed E-state index contributed by atoms with van der Waals surface area (Å²) in [5, 5.41) is -0.0640. The fourth-order valence-corrected chi connectivity index (χ4v) is 3.39. The minimum atomic E-state index is -4.54. The number of methoxy groups -OCH3 is 2. The van der Waals surface area contributed by atoms with Gasteiger partial charge in [-0.25, -0.2) is 0 Å². The summed E-state index contributed by atoms with van der Waals surface area (Å²) >= 11 is 3.24. The Morgan fingerprint density at radius 3 is 2.59 bits per heavy atom. The number of benzene rings is 2. The molecule has 0 aliphatic rings. The van der Waals surface area contributed by atoms with Gasteiger partial charge in [-0.1, -0.05) is 6.07 Å². The van der Waals surface area contributed by atoms with Crippen LogP contribution in [0, 0.1) is 0 Å². The van der Waals surface area contributed by atoms with E-state index in [0.29, 0.717) is 33.4 Å². The zero-order valence-electron chi connectivity index (χ0n) is 15.4. The predicted octanol–water partition coefficient (Wildman–Crippen LogP) is 5.52. The summed E-state index contributed by atoms with van der Waals surface area (Å²) in [5.74, 6) is 0.436. The number of esters is 1. The third-order valence-corrected chi connectivity index (χ3v) is 4.81. The highest BCUT2D eigenvalue weighted by atomic mass is 79.9. The lowest BCUT2D eigenvalue weighted by molar-refractivity contribution is -0.140. The Hall–Kier alpha value is -2.68. The molecule has 9 heteroatoms. The van der Waals surface area contributed by atoms with Crippen LogP contribution in [0.5, 0.6) is 11.5 Å². The summed E-state index contributed by atoms with van der Waals surface area (Å²) in [7, 11) is 2.77. The molecule has 1 heterocycles. The number of halogens is 4. The lowest BCUT2D eigenvalue weighted by atomic mass is 10.1. The Morgan fingerprint density at radius 2 is 1.93 bits per heavy atom. The Balaban J connectivity index is 1.91. The van der Waals surface area contributed by atoms with Crippen LogP contribution < -0.4 is 9.47 Å². The van der Waals surface area contributed by atoms with E-state index >= 15 is 0 Å². The van der Waals surface area contributed by atoms with E-state index in [1.807, 2.05) is 0 Å². The molecule has 0 aliphatic carbocycles. The quantitative estimate of drug-likeness (QED) is 0.442. The summed E-state index contributed by atoms with van der Waals surface area (Å²) in [4.78, 5) is 11.6. The van der Waals surface area contributed by atoms with Crippen LogP contribution >= 0.6 is 15.9 Å². The molecule has 0 spiro atoms. The Labute approximate surface area is 172 Å². The molecule has 0 bridgehead atoms. The molecule has 0 atom stereocenters. The van der Waals surface area contributed by atoms with Gasteiger partial charge in [-0.2, -0.15) is 13.2 Å². The van der Waals surface area contributed by atoms with E-state index in [1.54, 1.807) is 24.3 Å². The van der Waals surface area contributed by atoms with Crippen LogP contribution in [0.3, 0.4) is 0 Å². The lowest BCUT2D eigenvalue weighted by Crippen LogP contribution is -2.07. The smallest absolute Gasteiger partial charge is 0.420 e. The van der Waals surface area contributed by atoms with Gasteiger partial charge >= 0.3 is 12.1 Å². The van der Waals surface area contributed by atoms with Gasteiger partial charge in [0.2, 0.25) is 0 Å². The second-order valence-electron chi connectivity index (χ2n) is 6.12. The highest BCUT2D eigenvalue weighted by Crippen LogP contribution is 2.39. The van der Waals surface area contributed by atoms with E-state index < -0.39 is 17.7 Å². The van der Waals surface area contributed by atoms with Gasteiger partial charge in [-0.3, -0.25) is 4.79 Å². The van der Waals surface area contributed by atoms with Crippen molar-refractivity contribution in [2.45, 2.75) is 19.2 Å². The van der Waals surface area contributed by atoms with Crippen molar-refractivity contribution in [2.24, 2.45) is 0 Å². The first-order valence-corrected chi connectivity index (χ1v) is 9.15. The number of hydrogen-bond acceptors (Lipinski definition) is 5. The molecule has 3 rings (SSSR count). The first kappa shape index (κ1) is 21.0. The largest absolute Gasteiger partial charge is 0.497 e. The molecule has 0 saturated heterocycles. The van der Waals surface area contributed by atoms with Gasteiger partial charge in [0.15, 0.2) is 0 Å². The molecule has 0 saturated carbocycles. The van der Waals surface area contributed by atoms with Gasteiger partial charge in [-0.05, 0) is 39.7 Å². The van der Waals surface area contributed by atoms with Crippen molar-refractivity contribution in [1.29, 1.82) is 0 Å². The van der Waals surface area contributed by atoms with Crippen LogP contribution in [0.2, 0.25) is 0 Å². The Bertz CT molecular complexity index is 1040. The van der Waals surface area contributed by atoms with E-state index in [-0.39, 0.29) is 24.0 Å². The minimum Gasteiger partial charge on any atom is -0.497 e. The second-order valence-corrected chi connectivity index (χ2v) is 6.97. The second kappa shape index (κ2) is 8.36. The molecule has 3 aromatic rings. The van der Waals surface area contributed by atoms with Crippen LogP contribution in [0.4, 0.5) is 13.2 Å². The number of carbonyl (C=O) groups excluding carboxylic acids is 1. The third-order valence-electron chi connectivity index (χ3n) is 4.22. The van der Waals surface area contributed by atoms with Crippen LogP contribution in [0.15, 0.2) is 45.5 Å². The summed E-state index contributed by atoms with van der Waals surface area (Å²) < 4.78 is 60.7. The molecule has 0 amide bonds. The van der Waals surface area contributed by atoms with Crippen LogP contribution in [-0.4, -0.2) is 20.2 Å². The van der Waals surface area contributed by atoms with Crippen LogP contribution in [0.25, 0.3) is 11.0 Å². The van der Waals surface area contributed by atoms with Gasteiger partial charge < -0.3 is 18.6 Å². The number of fused-ring (bicyclic) bond motifs is 1. The molecule has 1 aromatic heterocycles. The molecule has 154 valence electrons.